The summed E-state index contributed by atoms with van der Waals surface area (Å²) < 4.78 is 7.28. The highest BCUT2D eigenvalue weighted by Gasteiger charge is 2.85. The van der Waals surface area contributed by atoms with Crippen LogP contribution in [0, 0.1) is 11.8 Å². The number of thiocarbonyl (C=S) groups is 2. The smallest absolute Gasteiger partial charge is 0.311 e. The van der Waals surface area contributed by atoms with E-state index in [1.54, 1.807) is 6.07 Å². The number of aromatic nitrogens is 1. The number of benzene rings is 3. The number of nitrogens with zero attached hydrogens (tertiary/aromatic N) is 3. The summed E-state index contributed by atoms with van der Waals surface area (Å²) in [6, 6.07) is 29.5. The molecule has 2 amide bonds. The van der Waals surface area contributed by atoms with Crippen molar-refractivity contribution in [2.75, 3.05) is 14.2 Å². The molecule has 3 fully saturated rings. The number of esters is 2. The number of carbonyl (C=O) groups is 4. The van der Waals surface area contributed by atoms with E-state index in [1.807, 2.05) is 91.0 Å². The molecule has 1 aromatic heterocycles. The third-order valence-electron chi connectivity index (χ3n) is 9.45. The fourth-order valence-electron chi connectivity index (χ4n) is 7.36. The first-order valence-electron chi connectivity index (χ1n) is 15.4. The first kappa shape index (κ1) is 33.3. The fraction of sp³-hybridized carbons (Fsp3) is 0.250. The van der Waals surface area contributed by atoms with Gasteiger partial charge < -0.3 is 9.47 Å². The van der Waals surface area contributed by atoms with Crippen LogP contribution in [0.15, 0.2) is 97.1 Å². The van der Waals surface area contributed by atoms with E-state index in [0.29, 0.717) is 11.2 Å². The standard InChI is InChI=1S/C36H29N3O6S4/c1-44-29(40)27-26(25-18-17-23-15-9-10-16-24(23)37-25)28(30(41)45-2)36(32(43)39(34(47)49-36)20-22-13-7-4-8-14-22)35(27)31(42)38(33(46)48-35)19-21-11-5-3-6-12-21/h3-18,26-28H,19-20H2,1-2H3/t26?,27-,28-,35-,36+/m0/s1. The maximum Gasteiger partial charge on any atom is 0.311 e. The molecule has 0 N–H and O–H groups in total. The van der Waals surface area contributed by atoms with Gasteiger partial charge in [-0.05, 0) is 23.3 Å². The molecule has 9 nitrogen and oxygen atoms in total. The normalized spacial score (nSPS) is 26.4. The van der Waals surface area contributed by atoms with Crippen molar-refractivity contribution in [1.29, 1.82) is 0 Å². The Hall–Kier alpha value is -4.17. The minimum atomic E-state index is -1.96. The molecule has 2 spiro atoms. The highest BCUT2D eigenvalue weighted by molar-refractivity contribution is 8.28. The summed E-state index contributed by atoms with van der Waals surface area (Å²) in [7, 11) is 2.44. The van der Waals surface area contributed by atoms with Gasteiger partial charge >= 0.3 is 11.9 Å². The third kappa shape index (κ3) is 5.08. The lowest BCUT2D eigenvalue weighted by Crippen LogP contribution is -2.63. The number of carbonyl (C=O) groups excluding carboxylic acids is 4. The molecule has 248 valence electrons. The van der Waals surface area contributed by atoms with Crippen LogP contribution in [0.2, 0.25) is 0 Å². The van der Waals surface area contributed by atoms with E-state index in [0.717, 1.165) is 40.0 Å². The maximum atomic E-state index is 15.3. The van der Waals surface area contributed by atoms with Gasteiger partial charge in [-0.3, -0.25) is 34.0 Å². The number of hydrogen-bond acceptors (Lipinski definition) is 11. The van der Waals surface area contributed by atoms with Crippen molar-refractivity contribution >= 4 is 91.3 Å². The number of amides is 2. The van der Waals surface area contributed by atoms with E-state index >= 15 is 9.59 Å². The summed E-state index contributed by atoms with van der Waals surface area (Å²) in [6.45, 7) is 0.187. The Labute approximate surface area is 301 Å². The number of rotatable bonds is 7. The van der Waals surface area contributed by atoms with Crippen molar-refractivity contribution in [3.05, 3.63) is 114 Å². The van der Waals surface area contributed by atoms with Gasteiger partial charge in [0.1, 0.15) is 18.1 Å². The number of hydrogen-bond donors (Lipinski definition) is 0. The molecular formula is C36H29N3O6S4. The number of pyridine rings is 1. The second-order valence-electron chi connectivity index (χ2n) is 11.9. The second kappa shape index (κ2) is 12.9. The quantitative estimate of drug-likeness (QED) is 0.178. The number of methoxy groups -OCH3 is 2. The molecule has 2 aliphatic heterocycles. The molecule has 49 heavy (non-hydrogen) atoms. The summed E-state index contributed by atoms with van der Waals surface area (Å²) in [5, 5.41) is 0.834. The predicted molar refractivity (Wildman–Crippen MR) is 195 cm³/mol. The van der Waals surface area contributed by atoms with Crippen molar-refractivity contribution in [2.24, 2.45) is 11.8 Å². The predicted octanol–water partition coefficient (Wildman–Crippen LogP) is 5.51. The molecule has 2 saturated heterocycles. The van der Waals surface area contributed by atoms with Crippen LogP contribution < -0.4 is 0 Å². The molecule has 7 rings (SSSR count). The molecule has 1 unspecified atom stereocenters. The largest absolute Gasteiger partial charge is 0.469 e. The van der Waals surface area contributed by atoms with Gasteiger partial charge in [-0.2, -0.15) is 0 Å². The lowest BCUT2D eigenvalue weighted by Gasteiger charge is -2.39. The number of ether oxygens (including phenoxy) is 2. The van der Waals surface area contributed by atoms with E-state index in [2.05, 4.69) is 0 Å². The molecule has 3 aliphatic rings. The maximum absolute atomic E-state index is 15.3. The van der Waals surface area contributed by atoms with Crippen molar-refractivity contribution < 1.29 is 28.7 Å². The monoisotopic (exact) mass is 727 g/mol. The molecule has 5 atom stereocenters. The molecule has 4 aromatic rings. The van der Waals surface area contributed by atoms with Crippen LogP contribution in [0.1, 0.15) is 22.7 Å². The molecule has 13 heteroatoms. The van der Waals surface area contributed by atoms with Gasteiger partial charge in [-0.1, -0.05) is 133 Å². The third-order valence-corrected chi connectivity index (χ3v) is 13.5. The Morgan fingerprint density at radius 1 is 0.694 bits per heavy atom. The fourth-order valence-corrected chi connectivity index (χ4v) is 11.6. The van der Waals surface area contributed by atoms with E-state index in [4.69, 9.17) is 38.9 Å². The Kier molecular flexibility index (Phi) is 8.80. The minimum absolute atomic E-state index is 0.0933. The van der Waals surface area contributed by atoms with Gasteiger partial charge in [0.25, 0.3) is 0 Å². The molecule has 1 aliphatic carbocycles. The zero-order valence-corrected chi connectivity index (χ0v) is 29.6. The molecular weight excluding hydrogens is 699 g/mol. The number of para-hydroxylation sites is 1. The summed E-state index contributed by atoms with van der Waals surface area (Å²) in [5.41, 5.74) is 2.53. The summed E-state index contributed by atoms with van der Waals surface area (Å²) in [6.07, 6.45) is 0. The highest BCUT2D eigenvalue weighted by atomic mass is 32.2. The van der Waals surface area contributed by atoms with Crippen molar-refractivity contribution in [2.45, 2.75) is 28.5 Å². The molecule has 1 saturated carbocycles. The molecule has 3 aromatic carbocycles. The Balaban J connectivity index is 1.49. The van der Waals surface area contributed by atoms with E-state index in [-0.39, 0.29) is 21.7 Å². The minimum Gasteiger partial charge on any atom is -0.469 e. The summed E-state index contributed by atoms with van der Waals surface area (Å²) in [5.74, 6) is -6.62. The molecule has 0 radical (unpaired) electrons. The van der Waals surface area contributed by atoms with Gasteiger partial charge in [-0.25, -0.2) is 0 Å². The zero-order valence-electron chi connectivity index (χ0n) is 26.3. The summed E-state index contributed by atoms with van der Waals surface area (Å²) in [4.78, 5) is 67.0. The van der Waals surface area contributed by atoms with Crippen molar-refractivity contribution in [1.82, 2.24) is 14.8 Å². The first-order chi connectivity index (χ1) is 23.7. The van der Waals surface area contributed by atoms with Crippen LogP contribution in [0.25, 0.3) is 10.9 Å². The van der Waals surface area contributed by atoms with Gasteiger partial charge in [-0.15, -0.1) is 0 Å². The van der Waals surface area contributed by atoms with Crippen molar-refractivity contribution in [3.8, 4) is 0 Å². The average Bonchev–Trinajstić information content (AvgIpc) is 3.64. The molecule has 0 bridgehead atoms. The van der Waals surface area contributed by atoms with Gasteiger partial charge in [0.2, 0.25) is 11.8 Å². The van der Waals surface area contributed by atoms with Gasteiger partial charge in [0, 0.05) is 17.0 Å². The number of thioether (sulfide) groups is 2. The van der Waals surface area contributed by atoms with E-state index in [1.165, 1.54) is 24.0 Å². The van der Waals surface area contributed by atoms with E-state index in [9.17, 15) is 9.59 Å². The highest BCUT2D eigenvalue weighted by Crippen LogP contribution is 2.71. The zero-order chi connectivity index (χ0) is 34.5. The first-order valence-corrected chi connectivity index (χ1v) is 17.8. The second-order valence-corrected chi connectivity index (χ2v) is 15.7. The van der Waals surface area contributed by atoms with Gasteiger partial charge in [0.05, 0.1) is 44.7 Å². The summed E-state index contributed by atoms with van der Waals surface area (Å²) >= 11 is 13.7. The van der Waals surface area contributed by atoms with Crippen LogP contribution in [-0.2, 0) is 41.7 Å². The lowest BCUT2D eigenvalue weighted by molar-refractivity contribution is -0.150. The van der Waals surface area contributed by atoms with Crippen LogP contribution in [-0.4, -0.2) is 70.9 Å². The van der Waals surface area contributed by atoms with Crippen LogP contribution >= 0.6 is 48.0 Å². The Morgan fingerprint density at radius 3 is 1.61 bits per heavy atom. The molecule has 3 heterocycles. The van der Waals surface area contributed by atoms with Crippen LogP contribution in [0.3, 0.4) is 0 Å². The SMILES string of the molecule is COC(=O)[C@@H]1C(c2ccc3ccccc3n2)[C@@H](C(=O)OC)[C@]2(SC(=S)N(Cc3ccccc3)C2=O)[C@]12SC(=S)N(Cc1ccccc1)C2=O. The average molecular weight is 728 g/mol. The van der Waals surface area contributed by atoms with E-state index < -0.39 is 51.0 Å². The Morgan fingerprint density at radius 2 is 1.14 bits per heavy atom. The van der Waals surface area contributed by atoms with Crippen LogP contribution in [0.5, 0.6) is 0 Å². The van der Waals surface area contributed by atoms with Crippen LogP contribution in [0.4, 0.5) is 0 Å². The lowest BCUT2D eigenvalue weighted by atomic mass is 9.82. The number of fused-ring (bicyclic) bond motifs is 2. The topological polar surface area (TPSA) is 106 Å². The van der Waals surface area contributed by atoms with Crippen molar-refractivity contribution in [3.63, 3.8) is 0 Å². The Bertz CT molecular complexity index is 1930. The van der Waals surface area contributed by atoms with Gasteiger partial charge in [0.15, 0.2) is 0 Å².